The lowest BCUT2D eigenvalue weighted by Gasteiger charge is -2.27. The number of fused-ring (bicyclic) bond motifs is 1. The maximum absolute atomic E-state index is 12.6. The molecule has 3 heterocycles. The third-order valence-electron chi connectivity index (χ3n) is 3.43. The van der Waals surface area contributed by atoms with Gasteiger partial charge in [-0.2, -0.15) is 18.3 Å². The fraction of sp³-hybridized carbons (Fsp3) is 0.462. The minimum Gasteiger partial charge on any atom is -0.294 e. The monoisotopic (exact) mass is 297 g/mol. The molecule has 0 amide bonds. The molecule has 0 saturated heterocycles. The first kappa shape index (κ1) is 14.0. The second-order valence-electron chi connectivity index (χ2n) is 5.15. The van der Waals surface area contributed by atoms with Crippen LogP contribution in [0.25, 0.3) is 0 Å². The standard InChI is InChI=1S/C13H14F3N5/c1-20-6-9(4-18-20)7-21-3-2-11-10(8-21)5-17-12(19-11)13(14,15)16/h4-6H,2-3,7-8H2,1H3. The summed E-state index contributed by atoms with van der Waals surface area (Å²) < 4.78 is 39.5. The van der Waals surface area contributed by atoms with Gasteiger partial charge in [0.2, 0.25) is 5.82 Å². The predicted octanol–water partition coefficient (Wildman–Crippen LogP) is 1.79. The van der Waals surface area contributed by atoms with Crippen molar-refractivity contribution in [1.82, 2.24) is 24.6 Å². The molecule has 8 heteroatoms. The minimum absolute atomic E-state index is 0.500. The van der Waals surface area contributed by atoms with Gasteiger partial charge in [-0.1, -0.05) is 0 Å². The quantitative estimate of drug-likeness (QED) is 0.848. The zero-order valence-electron chi connectivity index (χ0n) is 11.4. The van der Waals surface area contributed by atoms with Gasteiger partial charge in [-0.15, -0.1) is 0 Å². The number of alkyl halides is 3. The molecule has 2 aromatic rings. The van der Waals surface area contributed by atoms with Crippen LogP contribution in [0.2, 0.25) is 0 Å². The Labute approximate surface area is 119 Å². The Kier molecular flexibility index (Phi) is 3.40. The maximum Gasteiger partial charge on any atom is 0.451 e. The molecule has 0 bridgehead atoms. The molecular weight excluding hydrogens is 283 g/mol. The fourth-order valence-electron chi connectivity index (χ4n) is 2.46. The van der Waals surface area contributed by atoms with E-state index < -0.39 is 12.0 Å². The topological polar surface area (TPSA) is 46.8 Å². The highest BCUT2D eigenvalue weighted by Gasteiger charge is 2.35. The predicted molar refractivity (Wildman–Crippen MR) is 68.1 cm³/mol. The zero-order valence-corrected chi connectivity index (χ0v) is 11.4. The molecule has 1 aliphatic rings. The summed E-state index contributed by atoms with van der Waals surface area (Å²) in [5.74, 6) is -1.05. The summed E-state index contributed by atoms with van der Waals surface area (Å²) in [6, 6.07) is 0. The van der Waals surface area contributed by atoms with E-state index in [1.54, 1.807) is 10.9 Å². The number of hydrogen-bond donors (Lipinski definition) is 0. The van der Waals surface area contributed by atoms with Crippen molar-refractivity contribution in [2.45, 2.75) is 25.7 Å². The van der Waals surface area contributed by atoms with Crippen LogP contribution in [0.15, 0.2) is 18.6 Å². The highest BCUT2D eigenvalue weighted by molar-refractivity contribution is 5.21. The van der Waals surface area contributed by atoms with E-state index in [1.165, 1.54) is 6.20 Å². The minimum atomic E-state index is -4.48. The average molecular weight is 297 g/mol. The maximum atomic E-state index is 12.6. The fourth-order valence-corrected chi connectivity index (χ4v) is 2.46. The third kappa shape index (κ3) is 3.05. The van der Waals surface area contributed by atoms with E-state index in [1.807, 2.05) is 13.2 Å². The average Bonchev–Trinajstić information content (AvgIpc) is 2.82. The van der Waals surface area contributed by atoms with Crippen molar-refractivity contribution in [3.63, 3.8) is 0 Å². The smallest absolute Gasteiger partial charge is 0.294 e. The van der Waals surface area contributed by atoms with Crippen molar-refractivity contribution in [3.05, 3.63) is 41.2 Å². The molecule has 3 rings (SSSR count). The van der Waals surface area contributed by atoms with Crippen LogP contribution < -0.4 is 0 Å². The highest BCUT2D eigenvalue weighted by atomic mass is 19.4. The molecule has 0 aliphatic carbocycles. The SMILES string of the molecule is Cn1cc(CN2CCc3nc(C(F)(F)F)ncc3C2)cn1. The van der Waals surface area contributed by atoms with Gasteiger partial charge >= 0.3 is 6.18 Å². The molecule has 0 N–H and O–H groups in total. The largest absolute Gasteiger partial charge is 0.451 e. The number of rotatable bonds is 2. The molecule has 112 valence electrons. The second-order valence-corrected chi connectivity index (χ2v) is 5.15. The first-order chi connectivity index (χ1) is 9.91. The van der Waals surface area contributed by atoms with Gasteiger partial charge in [0.25, 0.3) is 0 Å². The van der Waals surface area contributed by atoms with Crippen LogP contribution in [0.1, 0.15) is 22.6 Å². The first-order valence-corrected chi connectivity index (χ1v) is 6.53. The Morgan fingerprint density at radius 3 is 2.76 bits per heavy atom. The summed E-state index contributed by atoms with van der Waals surface area (Å²) in [5, 5.41) is 4.11. The molecule has 21 heavy (non-hydrogen) atoms. The van der Waals surface area contributed by atoms with Gasteiger partial charge in [0.1, 0.15) is 0 Å². The number of aromatic nitrogens is 4. The molecule has 1 aliphatic heterocycles. The van der Waals surface area contributed by atoms with Crippen molar-refractivity contribution < 1.29 is 13.2 Å². The van der Waals surface area contributed by atoms with Gasteiger partial charge in [0.05, 0.1) is 11.9 Å². The van der Waals surface area contributed by atoms with Crippen LogP contribution in [0, 0.1) is 0 Å². The van der Waals surface area contributed by atoms with E-state index in [0.29, 0.717) is 31.7 Å². The van der Waals surface area contributed by atoms with Crippen LogP contribution in [-0.2, 0) is 32.7 Å². The molecule has 0 saturated carbocycles. The molecule has 0 radical (unpaired) electrons. The summed E-state index contributed by atoms with van der Waals surface area (Å²) in [6.07, 6.45) is 1.03. The van der Waals surface area contributed by atoms with Crippen molar-refractivity contribution in [3.8, 4) is 0 Å². The number of aryl methyl sites for hydroxylation is 1. The van der Waals surface area contributed by atoms with E-state index in [9.17, 15) is 13.2 Å². The summed E-state index contributed by atoms with van der Waals surface area (Å²) >= 11 is 0. The highest BCUT2D eigenvalue weighted by Crippen LogP contribution is 2.27. The van der Waals surface area contributed by atoms with Gasteiger partial charge in [-0.3, -0.25) is 9.58 Å². The van der Waals surface area contributed by atoms with E-state index in [2.05, 4.69) is 20.0 Å². The molecular formula is C13H14F3N5. The Morgan fingerprint density at radius 1 is 1.29 bits per heavy atom. The van der Waals surface area contributed by atoms with Crippen molar-refractivity contribution in [2.24, 2.45) is 7.05 Å². The zero-order chi connectivity index (χ0) is 15.0. The molecule has 0 unspecified atom stereocenters. The van der Waals surface area contributed by atoms with Gasteiger partial charge in [0.15, 0.2) is 0 Å². The lowest BCUT2D eigenvalue weighted by atomic mass is 10.1. The van der Waals surface area contributed by atoms with Crippen LogP contribution in [-0.4, -0.2) is 31.2 Å². The Bertz CT molecular complexity index is 649. The van der Waals surface area contributed by atoms with E-state index in [4.69, 9.17) is 0 Å². The van der Waals surface area contributed by atoms with E-state index >= 15 is 0 Å². The van der Waals surface area contributed by atoms with E-state index in [-0.39, 0.29) is 0 Å². The number of nitrogens with zero attached hydrogens (tertiary/aromatic N) is 5. The van der Waals surface area contributed by atoms with E-state index in [0.717, 1.165) is 11.1 Å². The lowest BCUT2D eigenvalue weighted by Crippen LogP contribution is -2.31. The van der Waals surface area contributed by atoms with Gasteiger partial charge < -0.3 is 0 Å². The van der Waals surface area contributed by atoms with Crippen molar-refractivity contribution in [2.75, 3.05) is 6.54 Å². The van der Waals surface area contributed by atoms with Crippen molar-refractivity contribution in [1.29, 1.82) is 0 Å². The van der Waals surface area contributed by atoms with Gasteiger partial charge in [-0.05, 0) is 0 Å². The summed E-state index contributed by atoms with van der Waals surface area (Å²) in [4.78, 5) is 9.23. The summed E-state index contributed by atoms with van der Waals surface area (Å²) in [6.45, 7) is 1.95. The number of halogens is 3. The van der Waals surface area contributed by atoms with Crippen LogP contribution in [0.5, 0.6) is 0 Å². The summed E-state index contributed by atoms with van der Waals surface area (Å²) in [5.41, 5.74) is 2.34. The molecule has 0 fully saturated rings. The Hall–Kier alpha value is -1.96. The normalized spacial score (nSPS) is 16.0. The second kappa shape index (κ2) is 5.10. The molecule has 0 spiro atoms. The third-order valence-corrected chi connectivity index (χ3v) is 3.43. The number of hydrogen-bond acceptors (Lipinski definition) is 4. The first-order valence-electron chi connectivity index (χ1n) is 6.53. The van der Waals surface area contributed by atoms with Crippen LogP contribution in [0.4, 0.5) is 13.2 Å². The Balaban J connectivity index is 1.74. The Morgan fingerprint density at radius 2 is 2.10 bits per heavy atom. The summed E-state index contributed by atoms with van der Waals surface area (Å²) in [7, 11) is 1.85. The van der Waals surface area contributed by atoms with Crippen LogP contribution >= 0.6 is 0 Å². The molecule has 5 nitrogen and oxygen atoms in total. The van der Waals surface area contributed by atoms with Crippen LogP contribution in [0.3, 0.4) is 0 Å². The van der Waals surface area contributed by atoms with Gasteiger partial charge in [0, 0.05) is 56.6 Å². The molecule has 0 atom stereocenters. The van der Waals surface area contributed by atoms with Crippen molar-refractivity contribution >= 4 is 0 Å². The van der Waals surface area contributed by atoms with Gasteiger partial charge in [-0.25, -0.2) is 9.97 Å². The molecule has 0 aromatic carbocycles. The molecule has 2 aromatic heterocycles. The lowest BCUT2D eigenvalue weighted by molar-refractivity contribution is -0.145.